The molecule has 20 heavy (non-hydrogen) atoms. The van der Waals surface area contributed by atoms with Crippen molar-refractivity contribution in [2.75, 3.05) is 6.61 Å². The highest BCUT2D eigenvalue weighted by molar-refractivity contribution is 8.00. The number of hydrogen-bond acceptors (Lipinski definition) is 3. The lowest BCUT2D eigenvalue weighted by atomic mass is 10.1. The van der Waals surface area contributed by atoms with E-state index in [0.29, 0.717) is 4.90 Å². The van der Waals surface area contributed by atoms with Crippen LogP contribution in [0.25, 0.3) is 0 Å². The van der Waals surface area contributed by atoms with E-state index in [4.69, 9.17) is 5.11 Å². The molecular formula is C14H20F3NOS. The fourth-order valence-electron chi connectivity index (χ4n) is 1.63. The Morgan fingerprint density at radius 3 is 2.40 bits per heavy atom. The molecule has 0 fully saturated rings. The average Bonchev–Trinajstić information content (AvgIpc) is 2.35. The number of alkyl halides is 3. The number of hydrogen-bond donors (Lipinski definition) is 2. The predicted molar refractivity (Wildman–Crippen MR) is 75.8 cm³/mol. The minimum atomic E-state index is -4.37. The fourth-order valence-corrected chi connectivity index (χ4v) is 2.50. The van der Waals surface area contributed by atoms with Crippen molar-refractivity contribution >= 4 is 11.8 Å². The number of benzene rings is 1. The lowest BCUT2D eigenvalue weighted by molar-refractivity contribution is -0.138. The average molecular weight is 307 g/mol. The van der Waals surface area contributed by atoms with Crippen molar-refractivity contribution in [3.63, 3.8) is 0 Å². The largest absolute Gasteiger partial charge is 0.416 e. The first-order valence-electron chi connectivity index (χ1n) is 6.45. The van der Waals surface area contributed by atoms with E-state index in [-0.39, 0.29) is 30.0 Å². The third-order valence-corrected chi connectivity index (χ3v) is 3.76. The molecule has 0 saturated heterocycles. The summed E-state index contributed by atoms with van der Waals surface area (Å²) in [4.78, 5) is 0.521. The molecule has 0 amide bonds. The number of aliphatic hydroxyl groups excluding tert-OH is 1. The summed E-state index contributed by atoms with van der Waals surface area (Å²) in [6.45, 7) is 5.67. The quantitative estimate of drug-likeness (QED) is 0.786. The van der Waals surface area contributed by atoms with Crippen molar-refractivity contribution in [1.29, 1.82) is 0 Å². The van der Waals surface area contributed by atoms with E-state index in [1.807, 2.05) is 13.8 Å². The molecule has 6 heteroatoms. The van der Waals surface area contributed by atoms with Crippen LogP contribution in [0.15, 0.2) is 23.1 Å². The second-order valence-electron chi connectivity index (χ2n) is 4.96. The topological polar surface area (TPSA) is 32.3 Å². The molecule has 1 aromatic rings. The van der Waals surface area contributed by atoms with Crippen molar-refractivity contribution in [3.05, 3.63) is 29.3 Å². The highest BCUT2D eigenvalue weighted by Crippen LogP contribution is 2.35. The van der Waals surface area contributed by atoms with Crippen LogP contribution < -0.4 is 5.32 Å². The molecule has 0 radical (unpaired) electrons. The second kappa shape index (κ2) is 7.33. The molecule has 1 aromatic carbocycles. The van der Waals surface area contributed by atoms with E-state index in [2.05, 4.69) is 5.32 Å². The SMILES string of the molecule is CC(C)NCc1ccc(SC(C)CO)cc1C(F)(F)F. The van der Waals surface area contributed by atoms with Gasteiger partial charge in [0.1, 0.15) is 0 Å². The van der Waals surface area contributed by atoms with E-state index in [9.17, 15) is 13.2 Å². The van der Waals surface area contributed by atoms with Crippen molar-refractivity contribution in [2.24, 2.45) is 0 Å². The molecule has 0 aliphatic rings. The standard InChI is InChI=1S/C14H20F3NOS/c1-9(2)18-7-11-4-5-12(20-10(3)8-19)6-13(11)14(15,16)17/h4-6,9-10,18-19H,7-8H2,1-3H3. The maximum absolute atomic E-state index is 13.1. The first-order valence-corrected chi connectivity index (χ1v) is 7.33. The Morgan fingerprint density at radius 1 is 1.25 bits per heavy atom. The number of aliphatic hydroxyl groups is 1. The van der Waals surface area contributed by atoms with E-state index in [1.54, 1.807) is 13.0 Å². The summed E-state index contributed by atoms with van der Waals surface area (Å²) in [7, 11) is 0. The molecule has 0 aliphatic heterocycles. The van der Waals surface area contributed by atoms with Gasteiger partial charge in [-0.1, -0.05) is 26.8 Å². The summed E-state index contributed by atoms with van der Waals surface area (Å²) in [5, 5.41) is 11.8. The van der Waals surface area contributed by atoms with Gasteiger partial charge in [0.25, 0.3) is 0 Å². The Balaban J connectivity index is 3.01. The lowest BCUT2D eigenvalue weighted by Gasteiger charge is -2.17. The van der Waals surface area contributed by atoms with Gasteiger partial charge >= 0.3 is 6.18 Å². The van der Waals surface area contributed by atoms with Crippen LogP contribution in [0.3, 0.4) is 0 Å². The van der Waals surface area contributed by atoms with Crippen LogP contribution in [0.1, 0.15) is 31.9 Å². The molecule has 0 aromatic heterocycles. The molecule has 0 bridgehead atoms. The molecule has 1 atom stereocenters. The highest BCUT2D eigenvalue weighted by atomic mass is 32.2. The fraction of sp³-hybridized carbons (Fsp3) is 0.571. The van der Waals surface area contributed by atoms with Crippen molar-refractivity contribution < 1.29 is 18.3 Å². The van der Waals surface area contributed by atoms with Gasteiger partial charge in [0.2, 0.25) is 0 Å². The van der Waals surface area contributed by atoms with Gasteiger partial charge in [0.15, 0.2) is 0 Å². The monoisotopic (exact) mass is 307 g/mol. The summed E-state index contributed by atoms with van der Waals surface area (Å²) >= 11 is 1.24. The van der Waals surface area contributed by atoms with Crippen molar-refractivity contribution in [2.45, 2.75) is 49.7 Å². The minimum Gasteiger partial charge on any atom is -0.395 e. The third-order valence-electron chi connectivity index (χ3n) is 2.68. The van der Waals surface area contributed by atoms with Crippen LogP contribution in [0.4, 0.5) is 13.2 Å². The van der Waals surface area contributed by atoms with E-state index in [0.717, 1.165) is 6.07 Å². The first-order chi connectivity index (χ1) is 9.24. The minimum absolute atomic E-state index is 0.0668. The Hall–Kier alpha value is -0.720. The summed E-state index contributed by atoms with van der Waals surface area (Å²) in [5.74, 6) is 0. The first kappa shape index (κ1) is 17.3. The van der Waals surface area contributed by atoms with Gasteiger partial charge in [-0.3, -0.25) is 0 Å². The van der Waals surface area contributed by atoms with Crippen LogP contribution in [-0.2, 0) is 12.7 Å². The van der Waals surface area contributed by atoms with Crippen molar-refractivity contribution in [1.82, 2.24) is 5.32 Å². The zero-order chi connectivity index (χ0) is 15.3. The summed E-state index contributed by atoms with van der Waals surface area (Å²) < 4.78 is 39.3. The number of thioether (sulfide) groups is 1. The Morgan fingerprint density at radius 2 is 1.90 bits per heavy atom. The maximum atomic E-state index is 13.1. The predicted octanol–water partition coefficient (Wildman–Crippen LogP) is 3.68. The molecule has 2 nitrogen and oxygen atoms in total. The van der Waals surface area contributed by atoms with Crippen LogP contribution in [0, 0.1) is 0 Å². The molecule has 1 rings (SSSR count). The van der Waals surface area contributed by atoms with Gasteiger partial charge in [-0.2, -0.15) is 13.2 Å². The second-order valence-corrected chi connectivity index (χ2v) is 6.48. The van der Waals surface area contributed by atoms with Crippen LogP contribution in [0.5, 0.6) is 0 Å². The summed E-state index contributed by atoms with van der Waals surface area (Å²) in [5.41, 5.74) is -0.368. The lowest BCUT2D eigenvalue weighted by Crippen LogP contribution is -2.24. The smallest absolute Gasteiger partial charge is 0.395 e. The van der Waals surface area contributed by atoms with Gasteiger partial charge < -0.3 is 10.4 Å². The number of halogens is 3. The third kappa shape index (κ3) is 5.34. The van der Waals surface area contributed by atoms with Gasteiger partial charge in [-0.25, -0.2) is 0 Å². The summed E-state index contributed by atoms with van der Waals surface area (Å²) in [6, 6.07) is 4.46. The molecular weight excluding hydrogens is 287 g/mol. The van der Waals surface area contributed by atoms with E-state index < -0.39 is 11.7 Å². The Labute approximate surface area is 121 Å². The highest BCUT2D eigenvalue weighted by Gasteiger charge is 2.33. The summed E-state index contributed by atoms with van der Waals surface area (Å²) in [6.07, 6.45) is -4.37. The van der Waals surface area contributed by atoms with Gasteiger partial charge in [0, 0.05) is 22.7 Å². The molecule has 0 aliphatic carbocycles. The Bertz CT molecular complexity index is 435. The van der Waals surface area contributed by atoms with Crippen LogP contribution >= 0.6 is 11.8 Å². The van der Waals surface area contributed by atoms with Crippen LogP contribution in [-0.4, -0.2) is 23.0 Å². The van der Waals surface area contributed by atoms with E-state index >= 15 is 0 Å². The molecule has 0 spiro atoms. The zero-order valence-electron chi connectivity index (χ0n) is 11.8. The number of rotatable bonds is 6. The molecule has 1 unspecified atom stereocenters. The van der Waals surface area contributed by atoms with E-state index in [1.165, 1.54) is 17.8 Å². The van der Waals surface area contributed by atoms with Crippen molar-refractivity contribution in [3.8, 4) is 0 Å². The molecule has 0 heterocycles. The van der Waals surface area contributed by atoms with Gasteiger partial charge in [-0.15, -0.1) is 11.8 Å². The Kier molecular flexibility index (Phi) is 6.36. The zero-order valence-corrected chi connectivity index (χ0v) is 12.6. The maximum Gasteiger partial charge on any atom is 0.416 e. The van der Waals surface area contributed by atoms with Crippen LogP contribution in [0.2, 0.25) is 0 Å². The molecule has 114 valence electrons. The normalized spacial score (nSPS) is 13.8. The van der Waals surface area contributed by atoms with Gasteiger partial charge in [0.05, 0.1) is 12.2 Å². The van der Waals surface area contributed by atoms with Gasteiger partial charge in [-0.05, 0) is 17.7 Å². The molecule has 0 saturated carbocycles. The molecule has 2 N–H and O–H groups in total. The number of nitrogens with one attached hydrogen (secondary N) is 1.